The smallest absolute Gasteiger partial charge is 0.267 e. The summed E-state index contributed by atoms with van der Waals surface area (Å²) in [5.41, 5.74) is 5.56. The van der Waals surface area contributed by atoms with E-state index in [0.29, 0.717) is 24.7 Å². The van der Waals surface area contributed by atoms with Crippen LogP contribution in [0.25, 0.3) is 0 Å². The maximum absolute atomic E-state index is 11.8. The second-order valence-corrected chi connectivity index (χ2v) is 4.37. The Bertz CT molecular complexity index is 422. The van der Waals surface area contributed by atoms with Gasteiger partial charge >= 0.3 is 0 Å². The number of carbonyl (C=O) groups excluding carboxylic acids is 1. The summed E-state index contributed by atoms with van der Waals surface area (Å²) in [6.07, 6.45) is 3.02. The number of H-pyrrole nitrogens is 1. The first-order chi connectivity index (χ1) is 8.67. The van der Waals surface area contributed by atoms with E-state index in [0.717, 1.165) is 19.3 Å². The minimum atomic E-state index is -0.269. The Morgan fingerprint density at radius 2 is 2.22 bits per heavy atom. The van der Waals surface area contributed by atoms with Crippen LogP contribution in [-0.2, 0) is 0 Å². The molecular formula is C13H21N3O2. The molecule has 0 bridgehead atoms. The van der Waals surface area contributed by atoms with Crippen molar-refractivity contribution in [2.24, 2.45) is 11.7 Å². The first kappa shape index (κ1) is 14.4. The van der Waals surface area contributed by atoms with Crippen LogP contribution in [0.2, 0.25) is 0 Å². The van der Waals surface area contributed by atoms with Crippen LogP contribution in [0.4, 0.5) is 0 Å². The first-order valence-electron chi connectivity index (χ1n) is 6.35. The summed E-state index contributed by atoms with van der Waals surface area (Å²) in [6.45, 7) is 3.34. The molecule has 100 valence electrons. The fourth-order valence-electron chi connectivity index (χ4n) is 1.90. The van der Waals surface area contributed by atoms with Crippen molar-refractivity contribution in [2.75, 3.05) is 13.1 Å². The van der Waals surface area contributed by atoms with Gasteiger partial charge in [0, 0.05) is 12.6 Å². The standard InChI is InChI=1S/C13H21N3O2/c1-2-4-10(7-8-14)9-15-13(18)11-5-3-6-12(17)16-11/h3,5-6,10H,2,4,7-9,14H2,1H3,(H,15,18)(H,16,17). The van der Waals surface area contributed by atoms with Crippen LogP contribution < -0.4 is 16.6 Å². The lowest BCUT2D eigenvalue weighted by atomic mass is 10.00. The normalized spacial score (nSPS) is 12.1. The largest absolute Gasteiger partial charge is 0.350 e. The topological polar surface area (TPSA) is 88.0 Å². The number of rotatable bonds is 7. The van der Waals surface area contributed by atoms with Crippen molar-refractivity contribution in [1.82, 2.24) is 10.3 Å². The Hall–Kier alpha value is -1.62. The number of hydrogen-bond donors (Lipinski definition) is 3. The Balaban J connectivity index is 2.51. The highest BCUT2D eigenvalue weighted by Crippen LogP contribution is 2.09. The zero-order valence-corrected chi connectivity index (χ0v) is 10.7. The van der Waals surface area contributed by atoms with Gasteiger partial charge in [0.1, 0.15) is 5.69 Å². The highest BCUT2D eigenvalue weighted by molar-refractivity contribution is 5.92. The van der Waals surface area contributed by atoms with Crippen LogP contribution in [0, 0.1) is 5.92 Å². The molecule has 1 amide bonds. The average Bonchev–Trinajstić information content (AvgIpc) is 2.36. The maximum atomic E-state index is 11.8. The van der Waals surface area contributed by atoms with Gasteiger partial charge in [0.2, 0.25) is 5.56 Å². The summed E-state index contributed by atoms with van der Waals surface area (Å²) in [7, 11) is 0. The van der Waals surface area contributed by atoms with Crippen LogP contribution in [0.3, 0.4) is 0 Å². The van der Waals surface area contributed by atoms with E-state index in [-0.39, 0.29) is 11.5 Å². The van der Waals surface area contributed by atoms with Gasteiger partial charge in [-0.3, -0.25) is 9.59 Å². The van der Waals surface area contributed by atoms with Crippen molar-refractivity contribution in [3.8, 4) is 0 Å². The summed E-state index contributed by atoms with van der Waals surface area (Å²) in [4.78, 5) is 25.4. The molecular weight excluding hydrogens is 230 g/mol. The number of aromatic nitrogens is 1. The van der Waals surface area contributed by atoms with Crippen molar-refractivity contribution >= 4 is 5.91 Å². The first-order valence-corrected chi connectivity index (χ1v) is 6.35. The van der Waals surface area contributed by atoms with Crippen LogP contribution in [0.15, 0.2) is 23.0 Å². The lowest BCUT2D eigenvalue weighted by Gasteiger charge is -2.15. The van der Waals surface area contributed by atoms with Crippen LogP contribution in [0.1, 0.15) is 36.7 Å². The van der Waals surface area contributed by atoms with E-state index in [4.69, 9.17) is 5.73 Å². The van der Waals surface area contributed by atoms with Crippen LogP contribution in [-0.4, -0.2) is 24.0 Å². The van der Waals surface area contributed by atoms with Gasteiger partial charge in [-0.05, 0) is 31.4 Å². The molecule has 0 aliphatic rings. The number of aromatic amines is 1. The molecule has 0 aliphatic carbocycles. The molecule has 1 aromatic heterocycles. The number of hydrogen-bond acceptors (Lipinski definition) is 3. The zero-order chi connectivity index (χ0) is 13.4. The number of pyridine rings is 1. The lowest BCUT2D eigenvalue weighted by Crippen LogP contribution is -2.31. The van der Waals surface area contributed by atoms with E-state index >= 15 is 0 Å². The molecule has 0 aromatic carbocycles. The minimum absolute atomic E-state index is 0.245. The molecule has 1 aromatic rings. The predicted molar refractivity (Wildman–Crippen MR) is 71.5 cm³/mol. The zero-order valence-electron chi connectivity index (χ0n) is 10.7. The molecule has 1 atom stereocenters. The van der Waals surface area contributed by atoms with E-state index in [1.54, 1.807) is 12.1 Å². The van der Waals surface area contributed by atoms with E-state index in [9.17, 15) is 9.59 Å². The van der Waals surface area contributed by atoms with Crippen LogP contribution in [0.5, 0.6) is 0 Å². The summed E-state index contributed by atoms with van der Waals surface area (Å²) in [5, 5.41) is 2.83. The van der Waals surface area contributed by atoms with Crippen LogP contribution >= 0.6 is 0 Å². The minimum Gasteiger partial charge on any atom is -0.350 e. The fraction of sp³-hybridized carbons (Fsp3) is 0.538. The molecule has 0 saturated carbocycles. The van der Waals surface area contributed by atoms with Gasteiger partial charge in [0.25, 0.3) is 5.91 Å². The molecule has 18 heavy (non-hydrogen) atoms. The molecule has 5 heteroatoms. The Morgan fingerprint density at radius 3 is 2.83 bits per heavy atom. The Labute approximate surface area is 107 Å². The lowest BCUT2D eigenvalue weighted by molar-refractivity contribution is 0.0940. The Morgan fingerprint density at radius 1 is 1.44 bits per heavy atom. The summed E-state index contributed by atoms with van der Waals surface area (Å²) >= 11 is 0. The summed E-state index contributed by atoms with van der Waals surface area (Å²) in [6, 6.07) is 4.54. The molecule has 0 saturated heterocycles. The van der Waals surface area contributed by atoms with Crippen molar-refractivity contribution in [1.29, 1.82) is 0 Å². The van der Waals surface area contributed by atoms with Crippen molar-refractivity contribution in [3.63, 3.8) is 0 Å². The number of amides is 1. The van der Waals surface area contributed by atoms with Crippen molar-refractivity contribution in [2.45, 2.75) is 26.2 Å². The van der Waals surface area contributed by atoms with Gasteiger partial charge in [-0.15, -0.1) is 0 Å². The third kappa shape index (κ3) is 4.71. The van der Waals surface area contributed by atoms with Gasteiger partial charge in [0.15, 0.2) is 0 Å². The molecule has 0 spiro atoms. The third-order valence-electron chi connectivity index (χ3n) is 2.84. The number of nitrogens with one attached hydrogen (secondary N) is 2. The van der Waals surface area contributed by atoms with E-state index in [1.807, 2.05) is 0 Å². The van der Waals surface area contributed by atoms with Gasteiger partial charge in [-0.2, -0.15) is 0 Å². The van der Waals surface area contributed by atoms with E-state index in [2.05, 4.69) is 17.2 Å². The SMILES string of the molecule is CCCC(CCN)CNC(=O)c1cccc(=O)[nH]1. The summed E-state index contributed by atoms with van der Waals surface area (Å²) < 4.78 is 0. The highest BCUT2D eigenvalue weighted by atomic mass is 16.2. The molecule has 0 radical (unpaired) electrons. The summed E-state index contributed by atoms with van der Waals surface area (Å²) in [5.74, 6) is 0.158. The van der Waals surface area contributed by atoms with Crippen molar-refractivity contribution in [3.05, 3.63) is 34.2 Å². The van der Waals surface area contributed by atoms with E-state index < -0.39 is 0 Å². The second-order valence-electron chi connectivity index (χ2n) is 4.37. The molecule has 4 N–H and O–H groups in total. The number of carbonyl (C=O) groups is 1. The second kappa shape index (κ2) is 7.66. The quantitative estimate of drug-likeness (QED) is 0.672. The molecule has 0 aliphatic heterocycles. The Kier molecular flexibility index (Phi) is 6.14. The molecule has 1 unspecified atom stereocenters. The number of nitrogens with two attached hydrogens (primary N) is 1. The predicted octanol–water partition coefficient (Wildman–Crippen LogP) is 0.870. The van der Waals surface area contributed by atoms with Gasteiger partial charge in [0.05, 0.1) is 0 Å². The maximum Gasteiger partial charge on any atom is 0.267 e. The molecule has 5 nitrogen and oxygen atoms in total. The fourth-order valence-corrected chi connectivity index (χ4v) is 1.90. The molecule has 1 heterocycles. The molecule has 1 rings (SSSR count). The van der Waals surface area contributed by atoms with Gasteiger partial charge in [-0.1, -0.05) is 19.4 Å². The van der Waals surface area contributed by atoms with Gasteiger partial charge < -0.3 is 16.0 Å². The van der Waals surface area contributed by atoms with E-state index in [1.165, 1.54) is 6.07 Å². The average molecular weight is 251 g/mol. The third-order valence-corrected chi connectivity index (χ3v) is 2.84. The van der Waals surface area contributed by atoms with Gasteiger partial charge in [-0.25, -0.2) is 0 Å². The monoisotopic (exact) mass is 251 g/mol. The van der Waals surface area contributed by atoms with Crippen molar-refractivity contribution < 1.29 is 4.79 Å². The highest BCUT2D eigenvalue weighted by Gasteiger charge is 2.10. The molecule has 0 fully saturated rings.